The summed E-state index contributed by atoms with van der Waals surface area (Å²) in [5.41, 5.74) is 26.4. The van der Waals surface area contributed by atoms with Crippen molar-refractivity contribution < 1.29 is 0 Å². The minimum atomic E-state index is -0.0899. The predicted octanol–water partition coefficient (Wildman–Crippen LogP) is 17.3. The monoisotopic (exact) mass is 963 g/mol. The van der Waals surface area contributed by atoms with Crippen molar-refractivity contribution in [2.24, 2.45) is 0 Å². The number of hydrogen-bond acceptors (Lipinski definition) is 2. The van der Waals surface area contributed by atoms with Crippen LogP contribution in [0, 0.1) is 0 Å². The van der Waals surface area contributed by atoms with E-state index in [0.29, 0.717) is 0 Å². The van der Waals surface area contributed by atoms with Gasteiger partial charge in [0.15, 0.2) is 0 Å². The number of anilines is 6. The van der Waals surface area contributed by atoms with Crippen molar-refractivity contribution >= 4 is 95.3 Å². The van der Waals surface area contributed by atoms with Crippen LogP contribution in [0.15, 0.2) is 279 Å². The molecule has 0 saturated carbocycles. The third-order valence-electron chi connectivity index (χ3n) is 16.3. The van der Waals surface area contributed by atoms with E-state index >= 15 is 0 Å². The molecule has 0 fully saturated rings. The van der Waals surface area contributed by atoms with Gasteiger partial charge in [0.25, 0.3) is 6.71 Å². The molecule has 0 bridgehead atoms. The summed E-state index contributed by atoms with van der Waals surface area (Å²) < 4.78 is 2.48. The number of para-hydroxylation sites is 2. The van der Waals surface area contributed by atoms with Gasteiger partial charge in [0.05, 0.1) is 16.6 Å². The first kappa shape index (κ1) is 42.6. The number of nitrogens with zero attached hydrogens (tertiary/aromatic N) is 3. The Bertz CT molecular complexity index is 4350. The van der Waals surface area contributed by atoms with Crippen LogP contribution in [0.3, 0.4) is 0 Å². The molecule has 352 valence electrons. The van der Waals surface area contributed by atoms with E-state index < -0.39 is 0 Å². The Balaban J connectivity index is 0.988. The summed E-state index contributed by atoms with van der Waals surface area (Å²) >= 11 is 0. The van der Waals surface area contributed by atoms with Gasteiger partial charge in [-0.3, -0.25) is 0 Å². The Morgan fingerprint density at radius 3 is 1.13 bits per heavy atom. The third-order valence-corrected chi connectivity index (χ3v) is 16.3. The largest absolute Gasteiger partial charge is 0.311 e. The fourth-order valence-electron chi connectivity index (χ4n) is 12.8. The van der Waals surface area contributed by atoms with Crippen LogP contribution in [-0.2, 0) is 0 Å². The van der Waals surface area contributed by atoms with Gasteiger partial charge in [-0.05, 0) is 139 Å². The van der Waals surface area contributed by atoms with Crippen LogP contribution in [-0.4, -0.2) is 11.1 Å². The van der Waals surface area contributed by atoms with Crippen molar-refractivity contribution in [3.63, 3.8) is 0 Å². The highest BCUT2D eigenvalue weighted by molar-refractivity contribution is 7.00. The highest BCUT2D eigenvalue weighted by Crippen LogP contribution is 2.48. The SMILES string of the molecule is c1ccc(-c2ccc(N3c4ccc(-c5ccccc5)cc4B4c5cc(-c6ccccc6)ccc5N(c5ccc(-c6ccccc6)cc5)c5cc(-c6ccc7c(c6)c6cccc8c9ccccc9n7c86)cc3c54)cc2)cc1. The molecule has 2 aromatic heterocycles. The molecule has 2 aliphatic heterocycles. The lowest BCUT2D eigenvalue weighted by molar-refractivity contribution is 1.25. The van der Waals surface area contributed by atoms with Crippen LogP contribution in [0.2, 0.25) is 0 Å². The van der Waals surface area contributed by atoms with Gasteiger partial charge in [-0.15, -0.1) is 0 Å². The molecule has 0 amide bonds. The van der Waals surface area contributed by atoms with Gasteiger partial charge >= 0.3 is 0 Å². The van der Waals surface area contributed by atoms with Gasteiger partial charge in [-0.25, -0.2) is 0 Å². The second-order valence-electron chi connectivity index (χ2n) is 20.4. The molecule has 16 rings (SSSR count). The third kappa shape index (κ3) is 6.50. The average Bonchev–Trinajstić information content (AvgIpc) is 4.18. The van der Waals surface area contributed by atoms with Crippen LogP contribution in [0.4, 0.5) is 34.1 Å². The van der Waals surface area contributed by atoms with Gasteiger partial charge in [0, 0.05) is 55.7 Å². The fourth-order valence-corrected chi connectivity index (χ4v) is 12.8. The van der Waals surface area contributed by atoms with Crippen LogP contribution in [0.5, 0.6) is 0 Å². The second-order valence-corrected chi connectivity index (χ2v) is 20.4. The zero-order valence-electron chi connectivity index (χ0n) is 41.5. The van der Waals surface area contributed by atoms with Crippen LogP contribution in [0.1, 0.15) is 0 Å². The van der Waals surface area contributed by atoms with Crippen molar-refractivity contribution in [2.45, 2.75) is 0 Å². The highest BCUT2D eigenvalue weighted by atomic mass is 15.2. The van der Waals surface area contributed by atoms with Crippen LogP contribution < -0.4 is 26.2 Å². The maximum atomic E-state index is 2.55. The zero-order valence-corrected chi connectivity index (χ0v) is 41.5. The molecule has 3 nitrogen and oxygen atoms in total. The minimum absolute atomic E-state index is 0.0899. The molecule has 0 saturated heterocycles. The number of rotatable bonds is 7. The Hall–Kier alpha value is -9.90. The molecule has 4 heteroatoms. The van der Waals surface area contributed by atoms with E-state index in [1.165, 1.54) is 127 Å². The molecule has 0 unspecified atom stereocenters. The smallest absolute Gasteiger partial charge is 0.252 e. The summed E-state index contributed by atoms with van der Waals surface area (Å²) in [7, 11) is 0. The maximum absolute atomic E-state index is 2.55. The quantitative estimate of drug-likeness (QED) is 0.147. The molecule has 0 atom stereocenters. The van der Waals surface area contributed by atoms with E-state index in [2.05, 4.69) is 293 Å². The molecule has 76 heavy (non-hydrogen) atoms. The summed E-state index contributed by atoms with van der Waals surface area (Å²) in [6.07, 6.45) is 0. The van der Waals surface area contributed by atoms with E-state index in [4.69, 9.17) is 0 Å². The second kappa shape index (κ2) is 16.8. The predicted molar refractivity (Wildman–Crippen MR) is 322 cm³/mol. The molecule has 0 aliphatic carbocycles. The van der Waals surface area contributed by atoms with E-state index in [1.54, 1.807) is 0 Å². The van der Waals surface area contributed by atoms with Crippen molar-refractivity contribution in [3.05, 3.63) is 279 Å². The molecule has 0 spiro atoms. The van der Waals surface area contributed by atoms with Gasteiger partial charge in [0.1, 0.15) is 0 Å². The standard InChI is InChI=1S/C72H46BN3/c1-5-16-47(17-6-1)51-28-35-57(36-29-51)74-67-40-33-54(49-20-9-3-10-21-49)43-63(67)73-64-44-55(50-22-11-4-12-23-50)34-41-68(64)75(58-37-30-52(31-38-58)48-18-7-2-8-19-48)70-46-56(45-69(74)71(70)73)53-32-39-66-62(42-53)61-26-15-25-60-59-24-13-14-27-65(59)76(66)72(60)61/h1-46H. The molecule has 14 aromatic rings. The first-order valence-electron chi connectivity index (χ1n) is 26.4. The molecule has 4 heterocycles. The summed E-state index contributed by atoms with van der Waals surface area (Å²) in [6.45, 7) is -0.0899. The molecule has 12 aromatic carbocycles. The Morgan fingerprint density at radius 2 is 0.618 bits per heavy atom. The Morgan fingerprint density at radius 1 is 0.237 bits per heavy atom. The lowest BCUT2D eigenvalue weighted by Crippen LogP contribution is -2.61. The fraction of sp³-hybridized carbons (Fsp3) is 0. The molecule has 0 N–H and O–H groups in total. The molecular weight excluding hydrogens is 918 g/mol. The first-order chi connectivity index (χ1) is 37.7. The van der Waals surface area contributed by atoms with Crippen molar-refractivity contribution in [2.75, 3.05) is 9.80 Å². The topological polar surface area (TPSA) is 10.9 Å². The van der Waals surface area contributed by atoms with Gasteiger partial charge in [-0.1, -0.05) is 212 Å². The summed E-state index contributed by atoms with van der Waals surface area (Å²) in [4.78, 5) is 5.10. The zero-order chi connectivity index (χ0) is 49.8. The minimum Gasteiger partial charge on any atom is -0.311 e. The average molecular weight is 964 g/mol. The van der Waals surface area contributed by atoms with Crippen molar-refractivity contribution in [1.82, 2.24) is 4.40 Å². The van der Waals surface area contributed by atoms with Crippen LogP contribution in [0.25, 0.3) is 93.7 Å². The van der Waals surface area contributed by atoms with E-state index in [9.17, 15) is 0 Å². The molecule has 2 aliphatic rings. The Kier molecular flexibility index (Phi) is 9.43. The summed E-state index contributed by atoms with van der Waals surface area (Å²) in [5, 5.41) is 5.11. The molecular formula is C72H46BN3. The van der Waals surface area contributed by atoms with Crippen molar-refractivity contribution in [3.8, 4) is 55.6 Å². The highest BCUT2D eigenvalue weighted by Gasteiger charge is 2.44. The number of benzene rings is 12. The number of fused-ring (bicyclic) bond motifs is 10. The molecule has 0 radical (unpaired) electrons. The van der Waals surface area contributed by atoms with Gasteiger partial charge < -0.3 is 14.2 Å². The van der Waals surface area contributed by atoms with Crippen LogP contribution >= 0.6 is 0 Å². The van der Waals surface area contributed by atoms with E-state index in [-0.39, 0.29) is 6.71 Å². The Labute approximate surface area is 441 Å². The van der Waals surface area contributed by atoms with E-state index in [0.717, 1.165) is 16.9 Å². The van der Waals surface area contributed by atoms with Gasteiger partial charge in [-0.2, -0.15) is 0 Å². The lowest BCUT2D eigenvalue weighted by Gasteiger charge is -2.44. The summed E-state index contributed by atoms with van der Waals surface area (Å²) in [5.74, 6) is 0. The normalized spacial score (nSPS) is 12.7. The number of hydrogen-bond donors (Lipinski definition) is 0. The maximum Gasteiger partial charge on any atom is 0.252 e. The summed E-state index contributed by atoms with van der Waals surface area (Å²) in [6, 6.07) is 104. The van der Waals surface area contributed by atoms with E-state index in [1.807, 2.05) is 0 Å². The van der Waals surface area contributed by atoms with Gasteiger partial charge in [0.2, 0.25) is 0 Å². The lowest BCUT2D eigenvalue weighted by atomic mass is 9.33. The van der Waals surface area contributed by atoms with Crippen molar-refractivity contribution in [1.29, 1.82) is 0 Å². The first-order valence-corrected chi connectivity index (χ1v) is 26.4. The number of aromatic nitrogens is 1.